The monoisotopic (exact) mass is 318 g/mol. The van der Waals surface area contributed by atoms with Gasteiger partial charge in [-0.2, -0.15) is 18.3 Å². The van der Waals surface area contributed by atoms with Gasteiger partial charge in [-0.3, -0.25) is 0 Å². The minimum absolute atomic E-state index is 0.422. The Kier molecular flexibility index (Phi) is 3.63. The van der Waals surface area contributed by atoms with E-state index in [9.17, 15) is 13.2 Å². The fourth-order valence-electron chi connectivity index (χ4n) is 2.26. The van der Waals surface area contributed by atoms with Gasteiger partial charge >= 0.3 is 6.18 Å². The van der Waals surface area contributed by atoms with Crippen LogP contribution in [-0.4, -0.2) is 19.7 Å². The van der Waals surface area contributed by atoms with Crippen LogP contribution < -0.4 is 0 Å². The first-order valence-electron chi connectivity index (χ1n) is 6.88. The van der Waals surface area contributed by atoms with Gasteiger partial charge in [-0.25, -0.2) is 14.6 Å². The zero-order chi connectivity index (χ0) is 16.6. The molecule has 0 unspecified atom stereocenters. The zero-order valence-electron chi connectivity index (χ0n) is 12.5. The molecule has 7 heteroatoms. The summed E-state index contributed by atoms with van der Waals surface area (Å²) >= 11 is 0. The van der Waals surface area contributed by atoms with Crippen LogP contribution in [0.1, 0.15) is 17.0 Å². The van der Waals surface area contributed by atoms with E-state index in [4.69, 9.17) is 0 Å². The first kappa shape index (κ1) is 15.2. The lowest BCUT2D eigenvalue weighted by molar-refractivity contribution is -0.137. The third-order valence-electron chi connectivity index (χ3n) is 3.38. The molecule has 4 nitrogen and oxygen atoms in total. The van der Waals surface area contributed by atoms with Crippen LogP contribution in [0, 0.1) is 13.8 Å². The normalized spacial score (nSPS) is 11.7. The predicted molar refractivity (Wildman–Crippen MR) is 79.1 cm³/mol. The van der Waals surface area contributed by atoms with Crippen molar-refractivity contribution in [2.75, 3.05) is 0 Å². The summed E-state index contributed by atoms with van der Waals surface area (Å²) < 4.78 is 39.3. The van der Waals surface area contributed by atoms with Gasteiger partial charge < -0.3 is 0 Å². The molecule has 118 valence electrons. The molecule has 23 heavy (non-hydrogen) atoms. The highest BCUT2D eigenvalue weighted by atomic mass is 19.4. The zero-order valence-corrected chi connectivity index (χ0v) is 12.5. The Hall–Kier alpha value is -2.70. The summed E-state index contributed by atoms with van der Waals surface area (Å²) in [5.41, 5.74) is 2.35. The van der Waals surface area contributed by atoms with Crippen LogP contribution in [0.2, 0.25) is 0 Å². The molecule has 2 aromatic heterocycles. The van der Waals surface area contributed by atoms with Gasteiger partial charge in [-0.1, -0.05) is 12.1 Å². The maximum Gasteiger partial charge on any atom is 0.416 e. The van der Waals surface area contributed by atoms with Crippen molar-refractivity contribution in [1.82, 2.24) is 19.7 Å². The SMILES string of the molecule is Cc1cc(C)n(-c2ncc(-c3ccc(C(F)(F)F)cc3)cn2)n1. The molecule has 0 amide bonds. The summed E-state index contributed by atoms with van der Waals surface area (Å²) in [6.45, 7) is 3.77. The maximum atomic E-state index is 12.6. The molecule has 0 radical (unpaired) electrons. The lowest BCUT2D eigenvalue weighted by Gasteiger charge is -2.08. The van der Waals surface area contributed by atoms with Crippen molar-refractivity contribution in [1.29, 1.82) is 0 Å². The molecule has 0 aliphatic heterocycles. The van der Waals surface area contributed by atoms with Crippen molar-refractivity contribution in [3.05, 3.63) is 59.7 Å². The summed E-state index contributed by atoms with van der Waals surface area (Å²) in [5, 5.41) is 4.29. The first-order chi connectivity index (χ1) is 10.8. The second kappa shape index (κ2) is 5.49. The van der Waals surface area contributed by atoms with Gasteiger partial charge in [0.25, 0.3) is 5.95 Å². The van der Waals surface area contributed by atoms with Crippen LogP contribution in [0.25, 0.3) is 17.1 Å². The molecule has 0 saturated heterocycles. The van der Waals surface area contributed by atoms with E-state index >= 15 is 0 Å². The van der Waals surface area contributed by atoms with Crippen LogP contribution in [-0.2, 0) is 6.18 Å². The predicted octanol–water partition coefficient (Wildman–Crippen LogP) is 3.96. The van der Waals surface area contributed by atoms with Crippen molar-refractivity contribution in [2.24, 2.45) is 0 Å². The highest BCUT2D eigenvalue weighted by Gasteiger charge is 2.29. The molecule has 0 fully saturated rings. The molecule has 2 heterocycles. The van der Waals surface area contributed by atoms with Gasteiger partial charge in [0.2, 0.25) is 0 Å². The highest BCUT2D eigenvalue weighted by molar-refractivity contribution is 5.62. The van der Waals surface area contributed by atoms with E-state index in [1.165, 1.54) is 12.1 Å². The smallest absolute Gasteiger partial charge is 0.219 e. The first-order valence-corrected chi connectivity index (χ1v) is 6.88. The molecule has 3 rings (SSSR count). The third kappa shape index (κ3) is 3.08. The van der Waals surface area contributed by atoms with E-state index in [0.29, 0.717) is 17.1 Å². The molecule has 0 aliphatic rings. The number of aryl methyl sites for hydroxylation is 2. The van der Waals surface area contributed by atoms with Gasteiger partial charge in [0.15, 0.2) is 0 Å². The molecule has 0 saturated carbocycles. The fourth-order valence-corrected chi connectivity index (χ4v) is 2.26. The van der Waals surface area contributed by atoms with E-state index in [1.807, 2.05) is 19.9 Å². The molecule has 0 atom stereocenters. The number of hydrogen-bond acceptors (Lipinski definition) is 3. The molecule has 0 aliphatic carbocycles. The Morgan fingerprint density at radius 2 is 1.52 bits per heavy atom. The summed E-state index contributed by atoms with van der Waals surface area (Å²) in [6.07, 6.45) is -1.20. The maximum absolute atomic E-state index is 12.6. The van der Waals surface area contributed by atoms with Crippen molar-refractivity contribution < 1.29 is 13.2 Å². The van der Waals surface area contributed by atoms with Gasteiger partial charge in [0, 0.05) is 23.7 Å². The highest BCUT2D eigenvalue weighted by Crippen LogP contribution is 2.30. The van der Waals surface area contributed by atoms with Crippen molar-refractivity contribution in [3.63, 3.8) is 0 Å². The molecule has 0 N–H and O–H groups in total. The number of benzene rings is 1. The molecule has 0 bridgehead atoms. The average Bonchev–Trinajstić information content (AvgIpc) is 2.85. The van der Waals surface area contributed by atoms with Gasteiger partial charge in [-0.15, -0.1) is 0 Å². The number of alkyl halides is 3. The van der Waals surface area contributed by atoms with Crippen molar-refractivity contribution >= 4 is 0 Å². The number of nitrogens with zero attached hydrogens (tertiary/aromatic N) is 4. The van der Waals surface area contributed by atoms with Crippen LogP contribution in [0.15, 0.2) is 42.7 Å². The Morgan fingerprint density at radius 3 is 2.00 bits per heavy atom. The number of halogens is 3. The van der Waals surface area contributed by atoms with Crippen molar-refractivity contribution in [3.8, 4) is 17.1 Å². The lowest BCUT2D eigenvalue weighted by Crippen LogP contribution is -2.05. The molecule has 0 spiro atoms. The topological polar surface area (TPSA) is 43.6 Å². The summed E-state index contributed by atoms with van der Waals surface area (Å²) in [5.74, 6) is 0.422. The standard InChI is InChI=1S/C16H13F3N4/c1-10-7-11(2)23(22-10)15-20-8-13(9-21-15)12-3-5-14(6-4-12)16(17,18)19/h3-9H,1-2H3. The molecule has 3 aromatic rings. The molecular weight excluding hydrogens is 305 g/mol. The molecular formula is C16H13F3N4. The van der Waals surface area contributed by atoms with Crippen LogP contribution in [0.3, 0.4) is 0 Å². The largest absolute Gasteiger partial charge is 0.416 e. The minimum atomic E-state index is -4.34. The second-order valence-electron chi connectivity index (χ2n) is 5.19. The third-order valence-corrected chi connectivity index (χ3v) is 3.38. The number of rotatable bonds is 2. The Morgan fingerprint density at radius 1 is 0.913 bits per heavy atom. The van der Waals surface area contributed by atoms with E-state index < -0.39 is 11.7 Å². The summed E-state index contributed by atoms with van der Waals surface area (Å²) in [4.78, 5) is 8.48. The Balaban J connectivity index is 1.89. The van der Waals surface area contributed by atoms with E-state index in [2.05, 4.69) is 15.1 Å². The van der Waals surface area contributed by atoms with Gasteiger partial charge in [0.05, 0.1) is 11.3 Å². The van der Waals surface area contributed by atoms with E-state index in [0.717, 1.165) is 23.5 Å². The quantitative estimate of drug-likeness (QED) is 0.718. The van der Waals surface area contributed by atoms with Gasteiger partial charge in [0.1, 0.15) is 0 Å². The Bertz CT molecular complexity index is 818. The minimum Gasteiger partial charge on any atom is -0.219 e. The number of hydrogen-bond donors (Lipinski definition) is 0. The van der Waals surface area contributed by atoms with E-state index in [1.54, 1.807) is 17.1 Å². The summed E-state index contributed by atoms with van der Waals surface area (Å²) in [7, 11) is 0. The summed E-state index contributed by atoms with van der Waals surface area (Å²) in [6, 6.07) is 6.82. The van der Waals surface area contributed by atoms with Crippen LogP contribution in [0.5, 0.6) is 0 Å². The van der Waals surface area contributed by atoms with Crippen molar-refractivity contribution in [2.45, 2.75) is 20.0 Å². The van der Waals surface area contributed by atoms with Gasteiger partial charge in [-0.05, 0) is 37.6 Å². The number of aromatic nitrogens is 4. The van der Waals surface area contributed by atoms with Crippen LogP contribution in [0.4, 0.5) is 13.2 Å². The fraction of sp³-hybridized carbons (Fsp3) is 0.188. The van der Waals surface area contributed by atoms with E-state index in [-0.39, 0.29) is 0 Å². The molecule has 1 aromatic carbocycles. The lowest BCUT2D eigenvalue weighted by atomic mass is 10.1. The van der Waals surface area contributed by atoms with Crippen LogP contribution >= 0.6 is 0 Å². The average molecular weight is 318 g/mol. The second-order valence-corrected chi connectivity index (χ2v) is 5.19. The Labute approximate surface area is 130 Å².